The fourth-order valence-corrected chi connectivity index (χ4v) is 1.81. The maximum absolute atomic E-state index is 11.1. The molecule has 2 heterocycles. The van der Waals surface area contributed by atoms with Crippen molar-refractivity contribution in [3.8, 4) is 0 Å². The Morgan fingerprint density at radius 1 is 1.44 bits per heavy atom. The van der Waals surface area contributed by atoms with Gasteiger partial charge in [-0.3, -0.25) is 0 Å². The molecule has 0 aromatic carbocycles. The molecule has 0 atom stereocenters. The van der Waals surface area contributed by atoms with Gasteiger partial charge in [0.05, 0.1) is 5.69 Å². The smallest absolute Gasteiger partial charge is 0.354 e. The lowest BCUT2D eigenvalue weighted by Gasteiger charge is -2.19. The predicted octanol–water partition coefficient (Wildman–Crippen LogP) is 0.944. The van der Waals surface area contributed by atoms with Crippen molar-refractivity contribution in [3.63, 3.8) is 0 Å². The van der Waals surface area contributed by atoms with E-state index in [1.54, 1.807) is 0 Å². The molecular formula is C11H15N3O2. The summed E-state index contributed by atoms with van der Waals surface area (Å²) in [6.07, 6.45) is 0.690. The summed E-state index contributed by atoms with van der Waals surface area (Å²) in [5.41, 5.74) is 1.80. The Bertz CT molecular complexity index is 429. The first-order valence-electron chi connectivity index (χ1n) is 5.43. The van der Waals surface area contributed by atoms with Gasteiger partial charge in [0.25, 0.3) is 0 Å². The molecular weight excluding hydrogens is 206 g/mol. The molecule has 0 amide bonds. The van der Waals surface area contributed by atoms with Crippen LogP contribution >= 0.6 is 0 Å². The van der Waals surface area contributed by atoms with Crippen molar-refractivity contribution in [2.75, 3.05) is 6.54 Å². The second-order valence-electron chi connectivity index (χ2n) is 4.24. The monoisotopic (exact) mass is 221 g/mol. The van der Waals surface area contributed by atoms with Crippen LogP contribution in [0.2, 0.25) is 0 Å². The molecule has 1 aromatic heterocycles. The summed E-state index contributed by atoms with van der Waals surface area (Å²) >= 11 is 0. The van der Waals surface area contributed by atoms with E-state index in [-0.39, 0.29) is 11.6 Å². The molecule has 0 aliphatic carbocycles. The average Bonchev–Trinajstić information content (AvgIpc) is 2.27. The molecule has 1 aromatic rings. The Balaban J connectivity index is 2.56. The molecule has 2 rings (SSSR count). The Labute approximate surface area is 93.9 Å². The van der Waals surface area contributed by atoms with Crippen molar-refractivity contribution in [1.29, 1.82) is 0 Å². The van der Waals surface area contributed by atoms with Gasteiger partial charge in [0.1, 0.15) is 5.82 Å². The quantitative estimate of drug-likeness (QED) is 0.777. The van der Waals surface area contributed by atoms with Crippen LogP contribution in [-0.4, -0.2) is 27.6 Å². The van der Waals surface area contributed by atoms with Gasteiger partial charge < -0.3 is 10.4 Å². The highest BCUT2D eigenvalue weighted by Gasteiger charge is 2.22. The van der Waals surface area contributed by atoms with Crippen LogP contribution in [0.15, 0.2) is 0 Å². The van der Waals surface area contributed by atoms with Crippen molar-refractivity contribution in [2.45, 2.75) is 32.7 Å². The molecule has 0 radical (unpaired) electrons. The number of aromatic nitrogens is 2. The first-order chi connectivity index (χ1) is 7.59. The lowest BCUT2D eigenvalue weighted by atomic mass is 10.0. The number of rotatable bonds is 2. The van der Waals surface area contributed by atoms with Crippen molar-refractivity contribution < 1.29 is 9.90 Å². The van der Waals surface area contributed by atoms with Gasteiger partial charge in [-0.1, -0.05) is 13.8 Å². The van der Waals surface area contributed by atoms with Gasteiger partial charge in [0.2, 0.25) is 0 Å². The van der Waals surface area contributed by atoms with Gasteiger partial charge in [-0.2, -0.15) is 0 Å². The average molecular weight is 221 g/mol. The summed E-state index contributed by atoms with van der Waals surface area (Å²) in [5, 5.41) is 12.3. The summed E-state index contributed by atoms with van der Waals surface area (Å²) < 4.78 is 0. The Morgan fingerprint density at radius 3 is 2.81 bits per heavy atom. The molecule has 0 bridgehead atoms. The first-order valence-corrected chi connectivity index (χ1v) is 5.43. The molecule has 1 aliphatic rings. The van der Waals surface area contributed by atoms with Crippen LogP contribution in [0.25, 0.3) is 0 Å². The summed E-state index contributed by atoms with van der Waals surface area (Å²) in [4.78, 5) is 19.7. The third-order valence-corrected chi connectivity index (χ3v) is 2.67. The van der Waals surface area contributed by atoms with Crippen LogP contribution in [0.3, 0.4) is 0 Å². The van der Waals surface area contributed by atoms with Crippen molar-refractivity contribution >= 4 is 5.97 Å². The highest BCUT2D eigenvalue weighted by molar-refractivity contribution is 5.87. The number of nitrogens with zero attached hydrogens (tertiary/aromatic N) is 2. The minimum Gasteiger partial charge on any atom is -0.477 e. The molecule has 1 aliphatic heterocycles. The third kappa shape index (κ3) is 1.90. The van der Waals surface area contributed by atoms with Crippen molar-refractivity contribution in [1.82, 2.24) is 15.3 Å². The number of carboxylic acids is 1. The Morgan fingerprint density at radius 2 is 2.19 bits per heavy atom. The molecule has 16 heavy (non-hydrogen) atoms. The minimum absolute atomic E-state index is 0.144. The van der Waals surface area contributed by atoms with E-state index in [9.17, 15) is 4.79 Å². The van der Waals surface area contributed by atoms with E-state index in [0.717, 1.165) is 17.8 Å². The minimum atomic E-state index is -0.956. The van der Waals surface area contributed by atoms with E-state index in [1.165, 1.54) is 0 Å². The van der Waals surface area contributed by atoms with Crippen LogP contribution < -0.4 is 5.32 Å². The van der Waals surface area contributed by atoms with Crippen LogP contribution in [0.4, 0.5) is 0 Å². The molecule has 0 fully saturated rings. The van der Waals surface area contributed by atoms with Crippen molar-refractivity contribution in [3.05, 3.63) is 22.8 Å². The Hall–Kier alpha value is -1.49. The van der Waals surface area contributed by atoms with E-state index in [1.807, 2.05) is 13.8 Å². The van der Waals surface area contributed by atoms with Gasteiger partial charge in [-0.15, -0.1) is 0 Å². The normalized spacial score (nSPS) is 14.9. The third-order valence-electron chi connectivity index (χ3n) is 2.67. The largest absolute Gasteiger partial charge is 0.477 e. The molecule has 86 valence electrons. The van der Waals surface area contributed by atoms with E-state index < -0.39 is 5.97 Å². The number of hydrogen-bond acceptors (Lipinski definition) is 4. The number of hydrogen-bond donors (Lipinski definition) is 2. The zero-order valence-corrected chi connectivity index (χ0v) is 9.45. The van der Waals surface area contributed by atoms with Crippen molar-refractivity contribution in [2.24, 2.45) is 0 Å². The fourth-order valence-electron chi connectivity index (χ4n) is 1.81. The first kappa shape index (κ1) is 11.0. The van der Waals surface area contributed by atoms with Crippen LogP contribution in [0.1, 0.15) is 47.3 Å². The number of aromatic carboxylic acids is 1. The summed E-state index contributed by atoms with van der Waals surface area (Å²) in [7, 11) is 0. The van der Waals surface area contributed by atoms with E-state index in [2.05, 4.69) is 15.3 Å². The molecule has 0 unspecified atom stereocenters. The number of fused-ring (bicyclic) bond motifs is 1. The highest BCUT2D eigenvalue weighted by atomic mass is 16.4. The van der Waals surface area contributed by atoms with Gasteiger partial charge in [-0.05, 0) is 13.0 Å². The van der Waals surface area contributed by atoms with E-state index in [0.29, 0.717) is 18.8 Å². The van der Waals surface area contributed by atoms with E-state index >= 15 is 0 Å². The topological polar surface area (TPSA) is 75.1 Å². The lowest BCUT2D eigenvalue weighted by molar-refractivity contribution is 0.0688. The zero-order chi connectivity index (χ0) is 11.7. The van der Waals surface area contributed by atoms with Crippen LogP contribution in [0.5, 0.6) is 0 Å². The number of nitrogens with one attached hydrogen (secondary N) is 1. The van der Waals surface area contributed by atoms with Gasteiger partial charge in [0, 0.05) is 18.0 Å². The summed E-state index contributed by atoms with van der Waals surface area (Å²) in [5.74, 6) is -0.201. The Kier molecular flexibility index (Phi) is 2.87. The van der Waals surface area contributed by atoms with Gasteiger partial charge >= 0.3 is 5.97 Å². The molecule has 0 saturated carbocycles. The summed E-state index contributed by atoms with van der Waals surface area (Å²) in [6, 6.07) is 0. The molecule has 2 N–H and O–H groups in total. The molecule has 5 nitrogen and oxygen atoms in total. The highest BCUT2D eigenvalue weighted by Crippen LogP contribution is 2.19. The van der Waals surface area contributed by atoms with E-state index in [4.69, 9.17) is 5.11 Å². The van der Waals surface area contributed by atoms with Gasteiger partial charge in [-0.25, -0.2) is 14.8 Å². The maximum atomic E-state index is 11.1. The van der Waals surface area contributed by atoms with Crippen LogP contribution in [0, 0.1) is 0 Å². The second-order valence-corrected chi connectivity index (χ2v) is 4.24. The lowest BCUT2D eigenvalue weighted by Crippen LogP contribution is -2.28. The fraction of sp³-hybridized carbons (Fsp3) is 0.545. The SMILES string of the molecule is CC(C)c1nc2c(c(C(=O)O)n1)CCNC2. The zero-order valence-electron chi connectivity index (χ0n) is 9.45. The summed E-state index contributed by atoms with van der Waals surface area (Å²) in [6.45, 7) is 5.35. The second kappa shape index (κ2) is 4.17. The predicted molar refractivity (Wildman–Crippen MR) is 58.5 cm³/mol. The molecule has 5 heteroatoms. The van der Waals surface area contributed by atoms with Gasteiger partial charge in [0.15, 0.2) is 5.69 Å². The maximum Gasteiger partial charge on any atom is 0.354 e. The molecule has 0 saturated heterocycles. The molecule has 0 spiro atoms. The van der Waals surface area contributed by atoms with Crippen LogP contribution in [-0.2, 0) is 13.0 Å². The number of carboxylic acid groups (broad SMARTS) is 1. The standard InChI is InChI=1S/C11H15N3O2/c1-6(2)10-13-8-5-12-4-3-7(8)9(14-10)11(15)16/h6,12H,3-5H2,1-2H3,(H,15,16). The number of carbonyl (C=O) groups is 1.